The summed E-state index contributed by atoms with van der Waals surface area (Å²) in [6, 6.07) is 11.5. The van der Waals surface area contributed by atoms with Crippen molar-refractivity contribution in [2.24, 2.45) is 0 Å². The number of rotatable bonds is 2. The molecule has 0 aliphatic heterocycles. The van der Waals surface area contributed by atoms with Crippen LogP contribution in [0, 0.1) is 13.8 Å². The highest BCUT2D eigenvalue weighted by atomic mass is 79.9. The summed E-state index contributed by atoms with van der Waals surface area (Å²) < 4.78 is 1.79. The largest absolute Gasteiger partial charge is 0.289 e. The molecule has 0 radical (unpaired) electrons. The molecule has 0 saturated heterocycles. The van der Waals surface area contributed by atoms with E-state index in [1.807, 2.05) is 44.2 Å². The van der Waals surface area contributed by atoms with Crippen LogP contribution < -0.4 is 0 Å². The molecule has 0 atom stereocenters. The molecule has 0 amide bonds. The maximum Gasteiger partial charge on any atom is 0.193 e. The summed E-state index contributed by atoms with van der Waals surface area (Å²) >= 11 is 6.80. The van der Waals surface area contributed by atoms with Gasteiger partial charge in [0.05, 0.1) is 0 Å². The smallest absolute Gasteiger partial charge is 0.193 e. The van der Waals surface area contributed by atoms with Crippen LogP contribution in [0.3, 0.4) is 0 Å². The molecular formula is C15H12Br2O. The van der Waals surface area contributed by atoms with E-state index in [2.05, 4.69) is 37.9 Å². The Morgan fingerprint density at radius 1 is 0.778 bits per heavy atom. The van der Waals surface area contributed by atoms with Crippen molar-refractivity contribution in [3.8, 4) is 0 Å². The summed E-state index contributed by atoms with van der Waals surface area (Å²) in [4.78, 5) is 12.4. The summed E-state index contributed by atoms with van der Waals surface area (Å²) in [6.07, 6.45) is 0. The molecule has 2 aromatic rings. The third kappa shape index (κ3) is 3.09. The number of hydrogen-bond donors (Lipinski definition) is 0. The first kappa shape index (κ1) is 13.5. The fraction of sp³-hybridized carbons (Fsp3) is 0.133. The Morgan fingerprint density at radius 3 is 1.72 bits per heavy atom. The van der Waals surface area contributed by atoms with Crippen molar-refractivity contribution in [3.63, 3.8) is 0 Å². The van der Waals surface area contributed by atoms with Crippen LogP contribution in [0.25, 0.3) is 0 Å². The Balaban J connectivity index is 2.47. The molecule has 92 valence electrons. The Hall–Kier alpha value is -0.930. The van der Waals surface area contributed by atoms with Crippen LogP contribution in [0.5, 0.6) is 0 Å². The van der Waals surface area contributed by atoms with Crippen molar-refractivity contribution in [2.75, 3.05) is 0 Å². The van der Waals surface area contributed by atoms with E-state index >= 15 is 0 Å². The minimum absolute atomic E-state index is 0.0452. The maximum atomic E-state index is 12.4. The first-order chi connectivity index (χ1) is 8.45. The summed E-state index contributed by atoms with van der Waals surface area (Å²) in [7, 11) is 0. The molecule has 2 rings (SSSR count). The molecule has 0 N–H and O–H groups in total. The minimum Gasteiger partial charge on any atom is -0.289 e. The highest BCUT2D eigenvalue weighted by molar-refractivity contribution is 9.11. The predicted molar refractivity (Wildman–Crippen MR) is 81.2 cm³/mol. The predicted octanol–water partition coefficient (Wildman–Crippen LogP) is 5.06. The second-order valence-corrected chi connectivity index (χ2v) is 6.19. The van der Waals surface area contributed by atoms with Gasteiger partial charge < -0.3 is 0 Å². The van der Waals surface area contributed by atoms with E-state index in [1.165, 1.54) is 0 Å². The Kier molecular flexibility index (Phi) is 4.03. The van der Waals surface area contributed by atoms with Gasteiger partial charge in [0.2, 0.25) is 0 Å². The number of benzene rings is 2. The van der Waals surface area contributed by atoms with Crippen molar-refractivity contribution in [1.82, 2.24) is 0 Å². The van der Waals surface area contributed by atoms with Crippen LogP contribution in [-0.4, -0.2) is 5.78 Å². The highest BCUT2D eigenvalue weighted by Crippen LogP contribution is 2.22. The quantitative estimate of drug-likeness (QED) is 0.678. The van der Waals surface area contributed by atoms with Crippen LogP contribution in [-0.2, 0) is 0 Å². The molecule has 0 aromatic heterocycles. The molecule has 0 spiro atoms. The molecule has 0 bridgehead atoms. The molecule has 0 unspecified atom stereocenters. The van der Waals surface area contributed by atoms with E-state index in [0.29, 0.717) is 5.56 Å². The number of hydrogen-bond acceptors (Lipinski definition) is 1. The van der Waals surface area contributed by atoms with Gasteiger partial charge >= 0.3 is 0 Å². The topological polar surface area (TPSA) is 17.1 Å². The van der Waals surface area contributed by atoms with Gasteiger partial charge in [0.15, 0.2) is 5.78 Å². The van der Waals surface area contributed by atoms with E-state index in [-0.39, 0.29) is 5.78 Å². The van der Waals surface area contributed by atoms with Gasteiger partial charge in [-0.2, -0.15) is 0 Å². The van der Waals surface area contributed by atoms with E-state index in [9.17, 15) is 4.79 Å². The standard InChI is InChI=1S/C15H12Br2O/c1-9-3-10(2)5-11(4-9)15(18)12-6-13(16)8-14(17)7-12/h3-8H,1-2H3. The molecule has 2 aromatic carbocycles. The number of carbonyl (C=O) groups is 1. The average molecular weight is 368 g/mol. The second kappa shape index (κ2) is 5.37. The van der Waals surface area contributed by atoms with Crippen LogP contribution in [0.4, 0.5) is 0 Å². The van der Waals surface area contributed by atoms with Gasteiger partial charge in [0, 0.05) is 20.1 Å². The molecule has 3 heteroatoms. The molecule has 0 saturated carbocycles. The Bertz CT molecular complexity index is 524. The molecule has 0 heterocycles. The molecule has 18 heavy (non-hydrogen) atoms. The van der Waals surface area contributed by atoms with Crippen LogP contribution in [0.15, 0.2) is 45.3 Å². The number of aryl methyl sites for hydroxylation is 2. The summed E-state index contributed by atoms with van der Waals surface area (Å²) in [5, 5.41) is 0. The monoisotopic (exact) mass is 366 g/mol. The lowest BCUT2D eigenvalue weighted by Crippen LogP contribution is -2.02. The molecule has 0 aliphatic carbocycles. The summed E-state index contributed by atoms with van der Waals surface area (Å²) in [6.45, 7) is 4.00. The second-order valence-electron chi connectivity index (χ2n) is 4.36. The van der Waals surface area contributed by atoms with Gasteiger partial charge in [-0.1, -0.05) is 49.1 Å². The van der Waals surface area contributed by atoms with Gasteiger partial charge in [-0.3, -0.25) is 4.79 Å². The number of halogens is 2. The number of carbonyl (C=O) groups excluding carboxylic acids is 1. The minimum atomic E-state index is 0.0452. The lowest BCUT2D eigenvalue weighted by molar-refractivity contribution is 0.103. The van der Waals surface area contributed by atoms with E-state index in [4.69, 9.17) is 0 Å². The van der Waals surface area contributed by atoms with Crippen LogP contribution in [0.2, 0.25) is 0 Å². The van der Waals surface area contributed by atoms with Gasteiger partial charge in [0.25, 0.3) is 0 Å². The van der Waals surface area contributed by atoms with Gasteiger partial charge in [-0.05, 0) is 44.2 Å². The molecule has 0 fully saturated rings. The zero-order valence-electron chi connectivity index (χ0n) is 10.1. The van der Waals surface area contributed by atoms with E-state index in [1.54, 1.807) is 0 Å². The lowest BCUT2D eigenvalue weighted by atomic mass is 9.99. The number of ketones is 1. The van der Waals surface area contributed by atoms with Gasteiger partial charge in [-0.25, -0.2) is 0 Å². The average Bonchev–Trinajstić information content (AvgIpc) is 2.25. The zero-order valence-corrected chi connectivity index (χ0v) is 13.3. The fourth-order valence-electron chi connectivity index (χ4n) is 1.96. The van der Waals surface area contributed by atoms with Crippen LogP contribution in [0.1, 0.15) is 27.0 Å². The van der Waals surface area contributed by atoms with Crippen molar-refractivity contribution >= 4 is 37.6 Å². The van der Waals surface area contributed by atoms with E-state index in [0.717, 1.165) is 25.6 Å². The van der Waals surface area contributed by atoms with Gasteiger partial charge in [-0.15, -0.1) is 0 Å². The van der Waals surface area contributed by atoms with Crippen LogP contribution >= 0.6 is 31.9 Å². The normalized spacial score (nSPS) is 10.4. The lowest BCUT2D eigenvalue weighted by Gasteiger charge is -2.06. The third-order valence-corrected chi connectivity index (χ3v) is 3.52. The molecular weight excluding hydrogens is 356 g/mol. The molecule has 1 nitrogen and oxygen atoms in total. The van der Waals surface area contributed by atoms with Crippen molar-refractivity contribution < 1.29 is 4.79 Å². The van der Waals surface area contributed by atoms with Crippen molar-refractivity contribution in [3.05, 3.63) is 67.6 Å². The molecule has 0 aliphatic rings. The first-order valence-electron chi connectivity index (χ1n) is 5.55. The maximum absolute atomic E-state index is 12.4. The Labute approximate surface area is 123 Å². The summed E-state index contributed by atoms with van der Waals surface area (Å²) in [5.41, 5.74) is 3.62. The highest BCUT2D eigenvalue weighted by Gasteiger charge is 2.11. The zero-order chi connectivity index (χ0) is 13.3. The van der Waals surface area contributed by atoms with Crippen molar-refractivity contribution in [1.29, 1.82) is 0 Å². The fourth-order valence-corrected chi connectivity index (χ4v) is 3.25. The van der Waals surface area contributed by atoms with E-state index < -0.39 is 0 Å². The van der Waals surface area contributed by atoms with Gasteiger partial charge in [0.1, 0.15) is 0 Å². The first-order valence-corrected chi connectivity index (χ1v) is 7.13. The Morgan fingerprint density at radius 2 is 1.22 bits per heavy atom. The SMILES string of the molecule is Cc1cc(C)cc(C(=O)c2cc(Br)cc(Br)c2)c1. The third-order valence-electron chi connectivity index (χ3n) is 2.61. The summed E-state index contributed by atoms with van der Waals surface area (Å²) in [5.74, 6) is 0.0452. The van der Waals surface area contributed by atoms with Crippen molar-refractivity contribution in [2.45, 2.75) is 13.8 Å².